The fraction of sp³-hybridized carbons (Fsp3) is 0. The molecule has 0 saturated heterocycles. The zero-order valence-corrected chi connectivity index (χ0v) is 7.15. The molecule has 0 aliphatic heterocycles. The first-order chi connectivity index (χ1) is 6.77. The standard InChI is InChI=1S/C7H7BN4O2/c13-8(14)6-1-2-7(9-5-6)12-4-3-10-11-12/h1-5,13-14H. The van der Waals surface area contributed by atoms with Crippen molar-refractivity contribution in [3.8, 4) is 5.82 Å². The summed E-state index contributed by atoms with van der Waals surface area (Å²) in [4.78, 5) is 3.98. The maximum Gasteiger partial charge on any atom is 0.490 e. The van der Waals surface area contributed by atoms with Crippen molar-refractivity contribution in [1.29, 1.82) is 0 Å². The van der Waals surface area contributed by atoms with Gasteiger partial charge in [0.2, 0.25) is 0 Å². The van der Waals surface area contributed by atoms with Crippen molar-refractivity contribution in [3.05, 3.63) is 30.7 Å². The molecule has 0 saturated carbocycles. The Morgan fingerprint density at radius 1 is 1.29 bits per heavy atom. The minimum Gasteiger partial charge on any atom is -0.423 e. The molecule has 0 radical (unpaired) electrons. The van der Waals surface area contributed by atoms with Gasteiger partial charge in [-0.2, -0.15) is 0 Å². The van der Waals surface area contributed by atoms with Crippen LogP contribution >= 0.6 is 0 Å². The van der Waals surface area contributed by atoms with Crippen molar-refractivity contribution in [2.24, 2.45) is 0 Å². The van der Waals surface area contributed by atoms with Gasteiger partial charge in [-0.25, -0.2) is 9.67 Å². The third-order valence-electron chi connectivity index (χ3n) is 1.73. The molecule has 2 heterocycles. The second-order valence-corrected chi connectivity index (χ2v) is 2.67. The molecule has 2 aromatic rings. The molecule has 0 aliphatic carbocycles. The van der Waals surface area contributed by atoms with Gasteiger partial charge >= 0.3 is 7.12 Å². The van der Waals surface area contributed by atoms with Crippen LogP contribution in [0.25, 0.3) is 5.82 Å². The lowest BCUT2D eigenvalue weighted by Gasteiger charge is -2.00. The monoisotopic (exact) mass is 190 g/mol. The Morgan fingerprint density at radius 3 is 2.64 bits per heavy atom. The molecular weight excluding hydrogens is 183 g/mol. The molecule has 0 fully saturated rings. The summed E-state index contributed by atoms with van der Waals surface area (Å²) in [6, 6.07) is 3.19. The summed E-state index contributed by atoms with van der Waals surface area (Å²) in [5.74, 6) is 0.576. The molecule has 14 heavy (non-hydrogen) atoms. The maximum absolute atomic E-state index is 8.83. The lowest BCUT2D eigenvalue weighted by atomic mass is 9.82. The number of hydrogen-bond acceptors (Lipinski definition) is 5. The van der Waals surface area contributed by atoms with Crippen LogP contribution < -0.4 is 5.46 Å². The maximum atomic E-state index is 8.83. The second-order valence-electron chi connectivity index (χ2n) is 2.67. The first-order valence-corrected chi connectivity index (χ1v) is 3.96. The molecule has 6 nitrogen and oxygen atoms in total. The molecule has 7 heteroatoms. The zero-order valence-electron chi connectivity index (χ0n) is 7.15. The van der Waals surface area contributed by atoms with E-state index >= 15 is 0 Å². The van der Waals surface area contributed by atoms with Gasteiger partial charge in [0.25, 0.3) is 0 Å². The Bertz CT molecular complexity index is 400. The summed E-state index contributed by atoms with van der Waals surface area (Å²) in [5.41, 5.74) is 0.342. The van der Waals surface area contributed by atoms with E-state index in [4.69, 9.17) is 10.0 Å². The van der Waals surface area contributed by atoms with Crippen LogP contribution in [0.4, 0.5) is 0 Å². The van der Waals surface area contributed by atoms with Crippen molar-refractivity contribution in [2.75, 3.05) is 0 Å². The van der Waals surface area contributed by atoms with Crippen molar-refractivity contribution in [1.82, 2.24) is 20.0 Å². The van der Waals surface area contributed by atoms with Gasteiger partial charge in [0.15, 0.2) is 5.82 Å². The van der Waals surface area contributed by atoms with E-state index in [1.54, 1.807) is 18.3 Å². The quantitative estimate of drug-likeness (QED) is 0.553. The van der Waals surface area contributed by atoms with E-state index in [2.05, 4.69) is 15.3 Å². The summed E-state index contributed by atoms with van der Waals surface area (Å²) >= 11 is 0. The van der Waals surface area contributed by atoms with E-state index in [0.717, 1.165) is 0 Å². The minimum absolute atomic E-state index is 0.342. The molecule has 0 aromatic carbocycles. The molecule has 0 amide bonds. The van der Waals surface area contributed by atoms with Crippen LogP contribution in [0.1, 0.15) is 0 Å². The van der Waals surface area contributed by atoms with E-state index in [-0.39, 0.29) is 0 Å². The largest absolute Gasteiger partial charge is 0.490 e. The molecule has 0 atom stereocenters. The summed E-state index contributed by atoms with van der Waals surface area (Å²) in [6.45, 7) is 0. The van der Waals surface area contributed by atoms with Crippen LogP contribution in [0.15, 0.2) is 30.7 Å². The highest BCUT2D eigenvalue weighted by Crippen LogP contribution is 1.97. The third-order valence-corrected chi connectivity index (χ3v) is 1.73. The highest BCUT2D eigenvalue weighted by atomic mass is 16.4. The van der Waals surface area contributed by atoms with E-state index in [1.807, 2.05) is 0 Å². The normalized spacial score (nSPS) is 10.1. The molecule has 70 valence electrons. The Morgan fingerprint density at radius 2 is 2.14 bits per heavy atom. The lowest BCUT2D eigenvalue weighted by molar-refractivity contribution is 0.425. The SMILES string of the molecule is OB(O)c1ccc(-n2ccnn2)nc1. The average Bonchev–Trinajstić information content (AvgIpc) is 2.71. The highest BCUT2D eigenvalue weighted by Gasteiger charge is 2.10. The molecule has 0 spiro atoms. The molecule has 2 aromatic heterocycles. The van der Waals surface area contributed by atoms with E-state index in [0.29, 0.717) is 11.3 Å². The molecule has 2 N–H and O–H groups in total. The van der Waals surface area contributed by atoms with E-state index < -0.39 is 7.12 Å². The van der Waals surface area contributed by atoms with Gasteiger partial charge in [0, 0.05) is 11.7 Å². The van der Waals surface area contributed by atoms with Gasteiger partial charge in [-0.3, -0.25) is 0 Å². The number of pyridine rings is 1. The van der Waals surface area contributed by atoms with E-state index in [1.165, 1.54) is 17.1 Å². The molecule has 0 aliphatic rings. The number of nitrogens with zero attached hydrogens (tertiary/aromatic N) is 4. The minimum atomic E-state index is -1.49. The summed E-state index contributed by atoms with van der Waals surface area (Å²) in [6.07, 6.45) is 4.57. The Hall–Kier alpha value is -1.73. The third kappa shape index (κ3) is 1.63. The first kappa shape index (κ1) is 8.85. The number of aromatic nitrogens is 4. The predicted octanol–water partition coefficient (Wildman–Crippen LogP) is -1.66. The second kappa shape index (κ2) is 3.56. The van der Waals surface area contributed by atoms with Crippen molar-refractivity contribution in [3.63, 3.8) is 0 Å². The van der Waals surface area contributed by atoms with Crippen molar-refractivity contribution < 1.29 is 10.0 Å². The van der Waals surface area contributed by atoms with Crippen molar-refractivity contribution in [2.45, 2.75) is 0 Å². The smallest absolute Gasteiger partial charge is 0.423 e. The van der Waals surface area contributed by atoms with E-state index in [9.17, 15) is 0 Å². The molecule has 0 bridgehead atoms. The lowest BCUT2D eigenvalue weighted by Crippen LogP contribution is -2.30. The number of rotatable bonds is 2. The van der Waals surface area contributed by atoms with Crippen LogP contribution in [0.2, 0.25) is 0 Å². The fourth-order valence-electron chi connectivity index (χ4n) is 1.02. The summed E-state index contributed by atoms with van der Waals surface area (Å²) in [7, 11) is -1.49. The fourth-order valence-corrected chi connectivity index (χ4v) is 1.02. The Balaban J connectivity index is 2.31. The molecule has 2 rings (SSSR count). The van der Waals surface area contributed by atoms with Crippen LogP contribution in [0.5, 0.6) is 0 Å². The average molecular weight is 190 g/mol. The van der Waals surface area contributed by atoms with Gasteiger partial charge in [-0.05, 0) is 6.07 Å². The van der Waals surface area contributed by atoms with Gasteiger partial charge in [0.05, 0.1) is 12.4 Å². The highest BCUT2D eigenvalue weighted by molar-refractivity contribution is 6.58. The van der Waals surface area contributed by atoms with Crippen LogP contribution in [-0.4, -0.2) is 37.1 Å². The number of hydrogen-bond donors (Lipinski definition) is 2. The zero-order chi connectivity index (χ0) is 9.97. The van der Waals surface area contributed by atoms with Gasteiger partial charge in [-0.1, -0.05) is 11.3 Å². The van der Waals surface area contributed by atoms with Crippen LogP contribution in [-0.2, 0) is 0 Å². The van der Waals surface area contributed by atoms with Gasteiger partial charge < -0.3 is 10.0 Å². The summed E-state index contributed by atoms with van der Waals surface area (Å²) < 4.78 is 1.48. The van der Waals surface area contributed by atoms with Gasteiger partial charge in [0.1, 0.15) is 0 Å². The molecule has 0 unspecified atom stereocenters. The Labute approximate surface area is 80.0 Å². The van der Waals surface area contributed by atoms with Gasteiger partial charge in [-0.15, -0.1) is 5.10 Å². The summed E-state index contributed by atoms with van der Waals surface area (Å²) in [5, 5.41) is 25.0. The van der Waals surface area contributed by atoms with Crippen LogP contribution in [0, 0.1) is 0 Å². The topological polar surface area (TPSA) is 84.1 Å². The first-order valence-electron chi connectivity index (χ1n) is 3.96. The van der Waals surface area contributed by atoms with Crippen molar-refractivity contribution >= 4 is 12.6 Å². The van der Waals surface area contributed by atoms with Crippen LogP contribution in [0.3, 0.4) is 0 Å². The Kier molecular flexibility index (Phi) is 2.25. The predicted molar refractivity (Wildman–Crippen MR) is 49.0 cm³/mol. The molecular formula is C7H7BN4O2.